The third-order valence-electron chi connectivity index (χ3n) is 4.54. The van der Waals surface area contributed by atoms with E-state index in [1.54, 1.807) is 12.1 Å². The molecule has 3 aromatic rings. The highest BCUT2D eigenvalue weighted by atomic mass is 16.5. The molecule has 0 saturated heterocycles. The Bertz CT molecular complexity index is 974. The van der Waals surface area contributed by atoms with Gasteiger partial charge in [0.1, 0.15) is 18.1 Å². The molecule has 0 spiro atoms. The van der Waals surface area contributed by atoms with Crippen LogP contribution in [0.5, 0.6) is 5.75 Å². The van der Waals surface area contributed by atoms with Crippen LogP contribution in [0.3, 0.4) is 0 Å². The second-order valence-electron chi connectivity index (χ2n) is 6.77. The average molecular weight is 363 g/mol. The summed E-state index contributed by atoms with van der Waals surface area (Å²) in [5.41, 5.74) is 4.36. The fraction of sp³-hybridized carbons (Fsp3) is 0.286. The van der Waals surface area contributed by atoms with Crippen LogP contribution in [0, 0.1) is 13.8 Å². The van der Waals surface area contributed by atoms with Crippen LogP contribution in [-0.2, 0) is 19.4 Å². The van der Waals surface area contributed by atoms with E-state index in [1.807, 2.05) is 26.0 Å². The van der Waals surface area contributed by atoms with Crippen molar-refractivity contribution >= 4 is 11.9 Å². The van der Waals surface area contributed by atoms with E-state index in [0.29, 0.717) is 5.76 Å². The molecule has 0 atom stereocenters. The van der Waals surface area contributed by atoms with Gasteiger partial charge in [-0.2, -0.15) is 0 Å². The van der Waals surface area contributed by atoms with Crippen molar-refractivity contribution in [2.75, 3.05) is 5.32 Å². The van der Waals surface area contributed by atoms with Crippen molar-refractivity contribution in [2.45, 2.75) is 39.7 Å². The highest BCUT2D eigenvalue weighted by molar-refractivity contribution is 6.01. The summed E-state index contributed by atoms with van der Waals surface area (Å²) in [6, 6.07) is 11.4. The van der Waals surface area contributed by atoms with Crippen molar-refractivity contribution in [3.63, 3.8) is 0 Å². The fourth-order valence-electron chi connectivity index (χ4n) is 3.31. The number of carbonyl (C=O) groups is 1. The molecular formula is C21H21N3O3. The number of anilines is 1. The maximum atomic E-state index is 12.3. The predicted molar refractivity (Wildman–Crippen MR) is 101 cm³/mol. The Labute approximate surface area is 157 Å². The zero-order chi connectivity index (χ0) is 18.8. The van der Waals surface area contributed by atoms with Crippen molar-refractivity contribution in [1.82, 2.24) is 9.97 Å². The van der Waals surface area contributed by atoms with Gasteiger partial charge in [0, 0.05) is 11.4 Å². The number of benzene rings is 1. The zero-order valence-corrected chi connectivity index (χ0v) is 15.4. The summed E-state index contributed by atoms with van der Waals surface area (Å²) in [6.07, 6.45) is 3.47. The molecule has 1 aromatic carbocycles. The molecule has 1 aliphatic rings. The molecule has 4 rings (SSSR count). The van der Waals surface area contributed by atoms with E-state index in [0.717, 1.165) is 30.0 Å². The molecule has 0 fully saturated rings. The number of furan rings is 1. The van der Waals surface area contributed by atoms with Crippen LogP contribution in [0.25, 0.3) is 0 Å². The normalized spacial score (nSPS) is 12.7. The molecule has 138 valence electrons. The molecule has 1 N–H and O–H groups in total. The molecule has 0 saturated carbocycles. The number of amides is 1. The molecule has 1 aliphatic carbocycles. The molecule has 27 heavy (non-hydrogen) atoms. The fourth-order valence-corrected chi connectivity index (χ4v) is 3.31. The van der Waals surface area contributed by atoms with E-state index in [9.17, 15) is 4.79 Å². The Morgan fingerprint density at radius 1 is 1.07 bits per heavy atom. The largest absolute Gasteiger partial charge is 0.486 e. The van der Waals surface area contributed by atoms with Crippen molar-refractivity contribution in [1.29, 1.82) is 0 Å². The van der Waals surface area contributed by atoms with Gasteiger partial charge in [-0.05, 0) is 74.6 Å². The van der Waals surface area contributed by atoms with Crippen molar-refractivity contribution < 1.29 is 13.9 Å². The van der Waals surface area contributed by atoms with Crippen LogP contribution in [0.15, 0.2) is 40.8 Å². The van der Waals surface area contributed by atoms with Crippen LogP contribution in [0.4, 0.5) is 5.95 Å². The third kappa shape index (κ3) is 4.00. The van der Waals surface area contributed by atoms with Crippen molar-refractivity contribution in [3.8, 4) is 5.75 Å². The van der Waals surface area contributed by atoms with E-state index in [2.05, 4.69) is 27.4 Å². The van der Waals surface area contributed by atoms with Gasteiger partial charge in [-0.25, -0.2) is 9.97 Å². The number of rotatable bonds is 5. The number of carbonyl (C=O) groups excluding carboxylic acids is 1. The monoisotopic (exact) mass is 363 g/mol. The lowest BCUT2D eigenvalue weighted by atomic mass is 10.1. The lowest BCUT2D eigenvalue weighted by Crippen LogP contribution is -2.14. The van der Waals surface area contributed by atoms with E-state index >= 15 is 0 Å². The first-order chi connectivity index (χ1) is 13.1. The van der Waals surface area contributed by atoms with Gasteiger partial charge < -0.3 is 9.15 Å². The molecule has 0 radical (unpaired) electrons. The molecule has 2 heterocycles. The van der Waals surface area contributed by atoms with Crippen LogP contribution < -0.4 is 10.1 Å². The first-order valence-corrected chi connectivity index (χ1v) is 9.04. The summed E-state index contributed by atoms with van der Waals surface area (Å²) in [7, 11) is 0. The van der Waals surface area contributed by atoms with Crippen LogP contribution in [-0.4, -0.2) is 15.9 Å². The summed E-state index contributed by atoms with van der Waals surface area (Å²) in [6.45, 7) is 3.98. The molecule has 0 aliphatic heterocycles. The zero-order valence-electron chi connectivity index (χ0n) is 15.4. The summed E-state index contributed by atoms with van der Waals surface area (Å²) in [5, 5.41) is 2.66. The van der Waals surface area contributed by atoms with E-state index in [-0.39, 0.29) is 24.2 Å². The number of aromatic nitrogens is 2. The standard InChI is InChI=1S/C21H21N3O3/c1-13-10-14(2)23-21(22-13)24-20(25)19-9-8-18(27-19)12-26-17-7-6-15-4-3-5-16(15)11-17/h6-11H,3-5,12H2,1-2H3,(H,22,23,24,25). The minimum Gasteiger partial charge on any atom is -0.486 e. The molecule has 0 bridgehead atoms. The second-order valence-corrected chi connectivity index (χ2v) is 6.77. The Kier molecular flexibility index (Phi) is 4.62. The number of aryl methyl sites for hydroxylation is 4. The van der Waals surface area contributed by atoms with Gasteiger partial charge in [0.15, 0.2) is 5.76 Å². The second kappa shape index (κ2) is 7.23. The number of nitrogens with one attached hydrogen (secondary N) is 1. The Morgan fingerprint density at radius 3 is 2.67 bits per heavy atom. The van der Waals surface area contributed by atoms with Gasteiger partial charge in [0.05, 0.1) is 0 Å². The summed E-state index contributed by atoms with van der Waals surface area (Å²) in [4.78, 5) is 20.7. The van der Waals surface area contributed by atoms with Gasteiger partial charge in [-0.15, -0.1) is 0 Å². The minimum atomic E-state index is -0.385. The Hall–Kier alpha value is -3.15. The molecule has 1 amide bonds. The molecule has 6 nitrogen and oxygen atoms in total. The summed E-state index contributed by atoms with van der Waals surface area (Å²) in [5.74, 6) is 1.49. The average Bonchev–Trinajstić information content (AvgIpc) is 3.28. The topological polar surface area (TPSA) is 77.2 Å². The van der Waals surface area contributed by atoms with Gasteiger partial charge in [-0.1, -0.05) is 6.07 Å². The van der Waals surface area contributed by atoms with Crippen LogP contribution >= 0.6 is 0 Å². The van der Waals surface area contributed by atoms with Gasteiger partial charge in [-0.3, -0.25) is 10.1 Å². The summed E-state index contributed by atoms with van der Waals surface area (Å²) < 4.78 is 11.4. The highest BCUT2D eigenvalue weighted by Crippen LogP contribution is 2.26. The maximum absolute atomic E-state index is 12.3. The first-order valence-electron chi connectivity index (χ1n) is 9.04. The Morgan fingerprint density at radius 2 is 1.85 bits per heavy atom. The number of nitrogens with zero attached hydrogens (tertiary/aromatic N) is 2. The highest BCUT2D eigenvalue weighted by Gasteiger charge is 2.15. The lowest BCUT2D eigenvalue weighted by molar-refractivity contribution is 0.0991. The number of hydrogen-bond acceptors (Lipinski definition) is 5. The lowest BCUT2D eigenvalue weighted by Gasteiger charge is -2.07. The van der Waals surface area contributed by atoms with Gasteiger partial charge >= 0.3 is 0 Å². The first kappa shape index (κ1) is 17.3. The van der Waals surface area contributed by atoms with E-state index < -0.39 is 0 Å². The number of hydrogen-bond donors (Lipinski definition) is 1. The smallest absolute Gasteiger partial charge is 0.293 e. The molecule has 6 heteroatoms. The van der Waals surface area contributed by atoms with Crippen LogP contribution in [0.2, 0.25) is 0 Å². The third-order valence-corrected chi connectivity index (χ3v) is 4.54. The molecule has 0 unspecified atom stereocenters. The number of fused-ring (bicyclic) bond motifs is 1. The minimum absolute atomic E-state index is 0.199. The number of ether oxygens (including phenoxy) is 1. The van der Waals surface area contributed by atoms with E-state index in [4.69, 9.17) is 9.15 Å². The SMILES string of the molecule is Cc1cc(C)nc(NC(=O)c2ccc(COc3ccc4c(c3)CCC4)o2)n1. The van der Waals surface area contributed by atoms with Crippen molar-refractivity contribution in [3.05, 3.63) is 70.4 Å². The quantitative estimate of drug-likeness (QED) is 0.741. The Balaban J connectivity index is 1.38. The van der Waals surface area contributed by atoms with E-state index in [1.165, 1.54) is 17.5 Å². The predicted octanol–water partition coefficient (Wildman–Crippen LogP) is 4.01. The van der Waals surface area contributed by atoms with Crippen LogP contribution in [0.1, 0.15) is 45.3 Å². The summed E-state index contributed by atoms with van der Waals surface area (Å²) >= 11 is 0. The molecule has 2 aromatic heterocycles. The van der Waals surface area contributed by atoms with Gasteiger partial charge in [0.25, 0.3) is 5.91 Å². The van der Waals surface area contributed by atoms with Gasteiger partial charge in [0.2, 0.25) is 5.95 Å². The maximum Gasteiger partial charge on any atom is 0.293 e. The van der Waals surface area contributed by atoms with Crippen molar-refractivity contribution in [2.24, 2.45) is 0 Å². The molecular weight excluding hydrogens is 342 g/mol.